The molecule has 0 aliphatic carbocycles. The van der Waals surface area contributed by atoms with E-state index in [1.807, 2.05) is 42.3 Å². The highest BCUT2D eigenvalue weighted by atomic mass is 16.5. The highest BCUT2D eigenvalue weighted by molar-refractivity contribution is 5.90. The van der Waals surface area contributed by atoms with Crippen molar-refractivity contribution in [2.24, 2.45) is 0 Å². The summed E-state index contributed by atoms with van der Waals surface area (Å²) in [6.45, 7) is 3.12. The van der Waals surface area contributed by atoms with E-state index in [9.17, 15) is 0 Å². The fourth-order valence-electron chi connectivity index (χ4n) is 3.08. The zero-order valence-corrected chi connectivity index (χ0v) is 14.0. The number of fused-ring (bicyclic) bond motifs is 2. The van der Waals surface area contributed by atoms with E-state index >= 15 is 0 Å². The number of aromatic amines is 1. The van der Waals surface area contributed by atoms with Gasteiger partial charge in [0.2, 0.25) is 0 Å². The number of hydrogen-bond donors (Lipinski definition) is 1. The Balaban J connectivity index is 1.66. The van der Waals surface area contributed by atoms with Gasteiger partial charge in [0.05, 0.1) is 18.1 Å². The number of pyridine rings is 1. The van der Waals surface area contributed by atoms with Gasteiger partial charge in [-0.3, -0.25) is 0 Å². The maximum Gasteiger partial charge on any atom is 0.181 e. The van der Waals surface area contributed by atoms with Crippen molar-refractivity contribution < 1.29 is 4.74 Å². The van der Waals surface area contributed by atoms with Crippen molar-refractivity contribution in [3.05, 3.63) is 48.7 Å². The van der Waals surface area contributed by atoms with Crippen LogP contribution in [0, 0.1) is 6.92 Å². The number of aryl methyl sites for hydroxylation is 1. The number of aromatic nitrogens is 6. The predicted molar refractivity (Wildman–Crippen MR) is 96.4 cm³/mol. The molecule has 0 aromatic carbocycles. The molecule has 0 spiro atoms. The lowest BCUT2D eigenvalue weighted by Crippen LogP contribution is -2.30. The van der Waals surface area contributed by atoms with Crippen LogP contribution in [0.25, 0.3) is 22.6 Å². The Hall–Kier alpha value is -3.55. The molecule has 0 saturated heterocycles. The van der Waals surface area contributed by atoms with Crippen molar-refractivity contribution in [1.29, 1.82) is 0 Å². The molecular weight excluding hydrogens is 330 g/mol. The van der Waals surface area contributed by atoms with Crippen molar-refractivity contribution in [2.45, 2.75) is 6.92 Å². The molecule has 1 aliphatic heterocycles. The van der Waals surface area contributed by atoms with E-state index in [0.717, 1.165) is 28.2 Å². The van der Waals surface area contributed by atoms with Crippen LogP contribution in [0.3, 0.4) is 0 Å². The summed E-state index contributed by atoms with van der Waals surface area (Å²) in [6, 6.07) is 7.76. The Morgan fingerprint density at radius 1 is 1.08 bits per heavy atom. The maximum atomic E-state index is 5.75. The molecule has 128 valence electrons. The van der Waals surface area contributed by atoms with E-state index in [0.29, 0.717) is 30.5 Å². The number of nitrogens with one attached hydrogen (secondary N) is 1. The quantitative estimate of drug-likeness (QED) is 0.597. The molecule has 0 bridgehead atoms. The predicted octanol–water partition coefficient (Wildman–Crippen LogP) is 2.65. The molecule has 8 nitrogen and oxygen atoms in total. The summed E-state index contributed by atoms with van der Waals surface area (Å²) < 4.78 is 5.75. The zero-order chi connectivity index (χ0) is 17.5. The first-order valence-corrected chi connectivity index (χ1v) is 8.29. The van der Waals surface area contributed by atoms with E-state index < -0.39 is 0 Å². The van der Waals surface area contributed by atoms with E-state index in [-0.39, 0.29) is 0 Å². The van der Waals surface area contributed by atoms with Gasteiger partial charge in [-0.25, -0.2) is 24.9 Å². The molecule has 0 saturated carbocycles. The largest absolute Gasteiger partial charge is 0.486 e. The highest BCUT2D eigenvalue weighted by Gasteiger charge is 2.25. The molecule has 0 atom stereocenters. The highest BCUT2D eigenvalue weighted by Crippen LogP contribution is 2.36. The first kappa shape index (κ1) is 14.8. The molecule has 5 heterocycles. The maximum absolute atomic E-state index is 5.75. The van der Waals surface area contributed by atoms with Crippen molar-refractivity contribution >= 4 is 22.7 Å². The Morgan fingerprint density at radius 2 is 2.04 bits per heavy atom. The third kappa shape index (κ3) is 2.34. The summed E-state index contributed by atoms with van der Waals surface area (Å²) in [5.41, 5.74) is 2.44. The number of hydrogen-bond acceptors (Lipinski definition) is 7. The standard InChI is InChI=1S/C18H15N7O/c1-11-3-2-4-13(23-11)16-20-9-14-18(24-16)25(7-8-26-14)17-12-5-6-19-15(12)21-10-22-17/h2-6,9-10H,7-8H2,1H3,(H,19,21,22). The first-order valence-electron chi connectivity index (χ1n) is 8.29. The van der Waals surface area contributed by atoms with E-state index in [1.54, 1.807) is 12.5 Å². The minimum Gasteiger partial charge on any atom is -0.486 e. The minimum absolute atomic E-state index is 0.536. The molecule has 1 aliphatic rings. The van der Waals surface area contributed by atoms with Crippen LogP contribution >= 0.6 is 0 Å². The van der Waals surface area contributed by atoms with Crippen molar-refractivity contribution in [2.75, 3.05) is 18.1 Å². The van der Waals surface area contributed by atoms with Crippen LogP contribution in [-0.2, 0) is 0 Å². The molecule has 1 N–H and O–H groups in total. The average molecular weight is 345 g/mol. The third-order valence-electron chi connectivity index (χ3n) is 4.27. The number of anilines is 2. The van der Waals surface area contributed by atoms with Crippen LogP contribution < -0.4 is 9.64 Å². The molecule has 8 heteroatoms. The van der Waals surface area contributed by atoms with Gasteiger partial charge >= 0.3 is 0 Å². The molecule has 26 heavy (non-hydrogen) atoms. The van der Waals surface area contributed by atoms with Gasteiger partial charge in [-0.15, -0.1) is 0 Å². The van der Waals surface area contributed by atoms with Gasteiger partial charge < -0.3 is 14.6 Å². The number of H-pyrrole nitrogens is 1. The topological polar surface area (TPSA) is 92.7 Å². The van der Waals surface area contributed by atoms with Crippen LogP contribution in [0.2, 0.25) is 0 Å². The van der Waals surface area contributed by atoms with E-state index in [4.69, 9.17) is 9.72 Å². The van der Waals surface area contributed by atoms with Crippen molar-refractivity contribution in [1.82, 2.24) is 29.9 Å². The number of nitrogens with zero attached hydrogens (tertiary/aromatic N) is 6. The van der Waals surface area contributed by atoms with Gasteiger partial charge in [0.15, 0.2) is 17.4 Å². The first-order chi connectivity index (χ1) is 12.8. The summed E-state index contributed by atoms with van der Waals surface area (Å²) in [6.07, 6.45) is 5.10. The summed E-state index contributed by atoms with van der Waals surface area (Å²) in [7, 11) is 0. The number of ether oxygens (including phenoxy) is 1. The summed E-state index contributed by atoms with van der Waals surface area (Å²) in [4.78, 5) is 27.6. The molecule has 4 aromatic rings. The van der Waals surface area contributed by atoms with E-state index in [1.165, 1.54) is 0 Å². The second-order valence-electron chi connectivity index (χ2n) is 5.98. The Labute approximate surface area is 148 Å². The molecule has 0 amide bonds. The lowest BCUT2D eigenvalue weighted by atomic mass is 10.2. The van der Waals surface area contributed by atoms with Gasteiger partial charge in [-0.05, 0) is 25.1 Å². The van der Waals surface area contributed by atoms with Gasteiger partial charge in [-0.1, -0.05) is 6.07 Å². The van der Waals surface area contributed by atoms with Gasteiger partial charge in [0.1, 0.15) is 30.1 Å². The fraction of sp³-hybridized carbons (Fsp3) is 0.167. The zero-order valence-electron chi connectivity index (χ0n) is 14.0. The Kier molecular flexibility index (Phi) is 3.27. The van der Waals surface area contributed by atoms with Gasteiger partial charge in [0, 0.05) is 11.9 Å². The summed E-state index contributed by atoms with van der Waals surface area (Å²) >= 11 is 0. The molecule has 0 radical (unpaired) electrons. The molecule has 0 fully saturated rings. The minimum atomic E-state index is 0.536. The van der Waals surface area contributed by atoms with Crippen LogP contribution in [0.4, 0.5) is 11.6 Å². The Bertz CT molecular complexity index is 1110. The Morgan fingerprint density at radius 3 is 2.96 bits per heavy atom. The lowest BCUT2D eigenvalue weighted by molar-refractivity contribution is 0.310. The second kappa shape index (κ2) is 5.76. The normalized spacial score (nSPS) is 13.5. The third-order valence-corrected chi connectivity index (χ3v) is 4.27. The SMILES string of the molecule is Cc1cccc(-c2ncc3c(n2)N(c2ncnc4[nH]ccc24)CCO3)n1. The van der Waals surface area contributed by atoms with Crippen LogP contribution in [0.5, 0.6) is 5.75 Å². The summed E-state index contributed by atoms with van der Waals surface area (Å²) in [5.74, 6) is 2.67. The van der Waals surface area contributed by atoms with Gasteiger partial charge in [0.25, 0.3) is 0 Å². The fourth-order valence-corrected chi connectivity index (χ4v) is 3.08. The van der Waals surface area contributed by atoms with Crippen LogP contribution in [-0.4, -0.2) is 43.1 Å². The van der Waals surface area contributed by atoms with Gasteiger partial charge in [-0.2, -0.15) is 0 Å². The van der Waals surface area contributed by atoms with Crippen LogP contribution in [0.15, 0.2) is 43.0 Å². The van der Waals surface area contributed by atoms with Crippen molar-refractivity contribution in [3.8, 4) is 17.3 Å². The smallest absolute Gasteiger partial charge is 0.181 e. The molecule has 4 aromatic heterocycles. The molecule has 5 rings (SSSR count). The monoisotopic (exact) mass is 345 g/mol. The lowest BCUT2D eigenvalue weighted by Gasteiger charge is -2.29. The van der Waals surface area contributed by atoms with E-state index in [2.05, 4.69) is 24.9 Å². The second-order valence-corrected chi connectivity index (χ2v) is 5.98. The molecular formula is C18H15N7O. The van der Waals surface area contributed by atoms with Crippen LogP contribution in [0.1, 0.15) is 5.69 Å². The summed E-state index contributed by atoms with van der Waals surface area (Å²) in [5, 5.41) is 0.939. The van der Waals surface area contributed by atoms with Crippen molar-refractivity contribution in [3.63, 3.8) is 0 Å². The average Bonchev–Trinajstić information content (AvgIpc) is 3.16. The molecule has 0 unspecified atom stereocenters. The number of rotatable bonds is 2.